The molecule has 7 nitrogen and oxygen atoms in total. The van der Waals surface area contributed by atoms with Crippen LogP contribution in [0.4, 0.5) is 17.6 Å². The van der Waals surface area contributed by atoms with E-state index in [0.717, 1.165) is 6.07 Å². The highest BCUT2D eigenvalue weighted by Crippen LogP contribution is 2.32. The fourth-order valence-corrected chi connectivity index (χ4v) is 3.70. The first-order valence-electron chi connectivity index (χ1n) is 10.7. The van der Waals surface area contributed by atoms with Gasteiger partial charge >= 0.3 is 6.18 Å². The third-order valence-corrected chi connectivity index (χ3v) is 5.93. The highest BCUT2D eigenvalue weighted by Gasteiger charge is 2.33. The van der Waals surface area contributed by atoms with E-state index in [9.17, 15) is 26.6 Å². The Morgan fingerprint density at radius 1 is 1.11 bits per heavy atom. The van der Waals surface area contributed by atoms with Crippen LogP contribution >= 0.6 is 0 Å². The summed E-state index contributed by atoms with van der Waals surface area (Å²) in [4.78, 5) is 20.5. The van der Waals surface area contributed by atoms with Crippen LogP contribution in [0.1, 0.15) is 35.2 Å². The Balaban J connectivity index is 1.80. The Morgan fingerprint density at radius 2 is 1.83 bits per heavy atom. The molecule has 2 N–H and O–H groups in total. The zero-order valence-electron chi connectivity index (χ0n) is 19.6. The van der Waals surface area contributed by atoms with Gasteiger partial charge in [0.15, 0.2) is 0 Å². The molecule has 12 heteroatoms. The van der Waals surface area contributed by atoms with E-state index in [-0.39, 0.29) is 24.3 Å². The van der Waals surface area contributed by atoms with Crippen molar-refractivity contribution in [3.05, 3.63) is 77.0 Å². The molecule has 0 radical (unpaired) electrons. The first-order chi connectivity index (χ1) is 17.0. The third-order valence-electron chi connectivity index (χ3n) is 5.38. The summed E-state index contributed by atoms with van der Waals surface area (Å²) in [6.07, 6.45) is -0.467. The molecular weight excluding hydrogens is 500 g/mol. The first kappa shape index (κ1) is 27.2. The number of aromatic nitrogens is 2. The van der Waals surface area contributed by atoms with E-state index < -0.39 is 40.5 Å². The average Bonchev–Trinajstić information content (AvgIpc) is 2.85. The standard InChI is InChI=1S/C24H24F4N4O3S/c1-14(15-4-5-16(20(25)9-15)12-31-36(3)34)23(33)30-11-17-6-7-21(24(26,27)28)32-22(17)18-8-19(35-2)13-29-10-18/h4-10,13-14,31H,11-12H2,1-3H3,(H,30,33). The lowest BCUT2D eigenvalue weighted by Gasteiger charge is -2.16. The molecule has 2 unspecified atom stereocenters. The fraction of sp³-hybridized carbons (Fsp3) is 0.292. The summed E-state index contributed by atoms with van der Waals surface area (Å²) in [5.41, 5.74) is 0.250. The molecule has 0 spiro atoms. The van der Waals surface area contributed by atoms with Crippen LogP contribution < -0.4 is 14.8 Å². The lowest BCUT2D eigenvalue weighted by molar-refractivity contribution is -0.141. The van der Waals surface area contributed by atoms with Crippen molar-refractivity contribution in [2.45, 2.75) is 32.1 Å². The van der Waals surface area contributed by atoms with Crippen LogP contribution in [0.15, 0.2) is 48.8 Å². The van der Waals surface area contributed by atoms with Crippen molar-refractivity contribution >= 4 is 16.9 Å². The smallest absolute Gasteiger partial charge is 0.433 e. The number of halogens is 4. The number of benzene rings is 1. The van der Waals surface area contributed by atoms with Gasteiger partial charge in [-0.15, -0.1) is 0 Å². The van der Waals surface area contributed by atoms with Crippen LogP contribution in [0.3, 0.4) is 0 Å². The maximum Gasteiger partial charge on any atom is 0.433 e. The molecule has 36 heavy (non-hydrogen) atoms. The van der Waals surface area contributed by atoms with E-state index in [1.54, 1.807) is 13.0 Å². The Kier molecular flexibility index (Phi) is 8.75. The van der Waals surface area contributed by atoms with Gasteiger partial charge in [-0.3, -0.25) is 9.78 Å². The maximum absolute atomic E-state index is 14.4. The molecule has 3 rings (SSSR count). The molecule has 0 aliphatic carbocycles. The van der Waals surface area contributed by atoms with E-state index in [1.807, 2.05) is 0 Å². The van der Waals surface area contributed by atoms with Gasteiger partial charge in [-0.2, -0.15) is 13.2 Å². The molecule has 0 aliphatic heterocycles. The number of pyridine rings is 2. The highest BCUT2D eigenvalue weighted by molar-refractivity contribution is 7.82. The summed E-state index contributed by atoms with van der Waals surface area (Å²) >= 11 is 0. The van der Waals surface area contributed by atoms with Crippen LogP contribution in [0.25, 0.3) is 11.3 Å². The molecule has 0 saturated carbocycles. The number of hydrogen-bond acceptors (Lipinski definition) is 5. The molecule has 1 amide bonds. The fourth-order valence-electron chi connectivity index (χ4n) is 3.34. The quantitative estimate of drug-likeness (QED) is 0.411. The van der Waals surface area contributed by atoms with E-state index >= 15 is 0 Å². The van der Waals surface area contributed by atoms with Crippen molar-refractivity contribution in [3.63, 3.8) is 0 Å². The normalized spacial score (nSPS) is 13.2. The van der Waals surface area contributed by atoms with Crippen molar-refractivity contribution in [2.75, 3.05) is 13.4 Å². The molecule has 0 fully saturated rings. The molecule has 192 valence electrons. The lowest BCUT2D eigenvalue weighted by Crippen LogP contribution is -2.28. The number of nitrogens with zero attached hydrogens (tertiary/aromatic N) is 2. The molecule has 0 aliphatic rings. The van der Waals surface area contributed by atoms with E-state index in [2.05, 4.69) is 20.0 Å². The Morgan fingerprint density at radius 3 is 2.47 bits per heavy atom. The van der Waals surface area contributed by atoms with Gasteiger partial charge in [0.1, 0.15) is 17.3 Å². The lowest BCUT2D eigenvalue weighted by atomic mass is 9.98. The zero-order valence-corrected chi connectivity index (χ0v) is 20.5. The minimum Gasteiger partial charge on any atom is -0.495 e. The second kappa shape index (κ2) is 11.6. The van der Waals surface area contributed by atoms with Crippen molar-refractivity contribution < 1.29 is 31.3 Å². The number of methoxy groups -OCH3 is 1. The number of carbonyl (C=O) groups excluding carboxylic acids is 1. The third kappa shape index (κ3) is 6.85. The second-order valence-electron chi connectivity index (χ2n) is 7.88. The van der Waals surface area contributed by atoms with Gasteiger partial charge in [0.05, 0.1) is 35.9 Å². The molecule has 0 saturated heterocycles. The largest absolute Gasteiger partial charge is 0.495 e. The number of ether oxygens (including phenoxy) is 1. The van der Waals surface area contributed by atoms with Crippen LogP contribution in [-0.2, 0) is 35.0 Å². The molecule has 2 atom stereocenters. The SMILES string of the molecule is COc1cncc(-c2nc(C(F)(F)F)ccc2CNC(=O)C(C)c2ccc(CNS(C)=O)c(F)c2)c1. The van der Waals surface area contributed by atoms with Crippen LogP contribution in [0, 0.1) is 5.82 Å². The van der Waals surface area contributed by atoms with E-state index in [1.165, 1.54) is 50.0 Å². The molecule has 0 bridgehead atoms. The van der Waals surface area contributed by atoms with E-state index in [0.29, 0.717) is 22.4 Å². The zero-order chi connectivity index (χ0) is 26.5. The Hall–Kier alpha value is -3.38. The van der Waals surface area contributed by atoms with Gasteiger partial charge in [0, 0.05) is 36.7 Å². The topological polar surface area (TPSA) is 93.2 Å². The number of carbonyl (C=O) groups is 1. The molecule has 2 aromatic heterocycles. The van der Waals surface area contributed by atoms with Crippen LogP contribution in [0.5, 0.6) is 5.75 Å². The second-order valence-corrected chi connectivity index (χ2v) is 9.08. The van der Waals surface area contributed by atoms with Crippen molar-refractivity contribution in [1.29, 1.82) is 0 Å². The van der Waals surface area contributed by atoms with Crippen LogP contribution in [0.2, 0.25) is 0 Å². The van der Waals surface area contributed by atoms with Crippen molar-refractivity contribution in [1.82, 2.24) is 20.0 Å². The predicted octanol–water partition coefficient (Wildman–Crippen LogP) is 4.11. The number of hydrogen-bond donors (Lipinski definition) is 2. The minimum absolute atomic E-state index is 0.000358. The van der Waals surface area contributed by atoms with Gasteiger partial charge in [-0.05, 0) is 36.2 Å². The van der Waals surface area contributed by atoms with Gasteiger partial charge in [0.25, 0.3) is 0 Å². The summed E-state index contributed by atoms with van der Waals surface area (Å²) < 4.78 is 73.2. The first-order valence-corrected chi connectivity index (χ1v) is 12.2. The minimum atomic E-state index is -4.66. The van der Waals surface area contributed by atoms with Crippen LogP contribution in [-0.4, -0.2) is 33.4 Å². The van der Waals surface area contributed by atoms with Gasteiger partial charge in [-0.25, -0.2) is 18.3 Å². The van der Waals surface area contributed by atoms with Crippen molar-refractivity contribution in [2.24, 2.45) is 0 Å². The molecule has 2 heterocycles. The Labute approximate surface area is 207 Å². The summed E-state index contributed by atoms with van der Waals surface area (Å²) in [7, 11) is 0.102. The summed E-state index contributed by atoms with van der Waals surface area (Å²) in [6, 6.07) is 7.91. The highest BCUT2D eigenvalue weighted by atomic mass is 32.2. The molecule has 1 aromatic carbocycles. The summed E-state index contributed by atoms with van der Waals surface area (Å²) in [5.74, 6) is -1.42. The van der Waals surface area contributed by atoms with Gasteiger partial charge in [0.2, 0.25) is 5.91 Å². The Bertz CT molecular complexity index is 1270. The maximum atomic E-state index is 14.4. The van der Waals surface area contributed by atoms with Gasteiger partial charge < -0.3 is 10.1 Å². The number of alkyl halides is 3. The summed E-state index contributed by atoms with van der Waals surface area (Å²) in [5, 5.41) is 2.68. The van der Waals surface area contributed by atoms with Crippen molar-refractivity contribution in [3.8, 4) is 17.0 Å². The average molecular weight is 525 g/mol. The number of amides is 1. The summed E-state index contributed by atoms with van der Waals surface area (Å²) in [6.45, 7) is 1.54. The molecule has 3 aromatic rings. The van der Waals surface area contributed by atoms with E-state index in [4.69, 9.17) is 4.74 Å². The number of rotatable bonds is 9. The number of nitrogens with one attached hydrogen (secondary N) is 2. The monoisotopic (exact) mass is 524 g/mol. The molecular formula is C24H24F4N4O3S. The predicted molar refractivity (Wildman–Crippen MR) is 127 cm³/mol. The van der Waals surface area contributed by atoms with Gasteiger partial charge in [-0.1, -0.05) is 18.2 Å².